The molecule has 0 spiro atoms. The molecule has 28 heavy (non-hydrogen) atoms. The number of aromatic nitrogens is 3. The number of nitrogen functional groups attached to an aromatic ring is 1. The van der Waals surface area contributed by atoms with Crippen molar-refractivity contribution in [2.45, 2.75) is 31.8 Å². The van der Waals surface area contributed by atoms with Crippen LogP contribution in [0.2, 0.25) is 0 Å². The van der Waals surface area contributed by atoms with Gasteiger partial charge in [0.2, 0.25) is 0 Å². The monoisotopic (exact) mass is 384 g/mol. The number of nitrogens with two attached hydrogens (primary N) is 1. The molecule has 4 rings (SSSR count). The van der Waals surface area contributed by atoms with Crippen molar-refractivity contribution in [3.8, 4) is 16.9 Å². The molecule has 2 aromatic heterocycles. The Labute approximate surface area is 162 Å². The number of nitrogens with zero attached hydrogens (tertiary/aromatic N) is 3. The zero-order chi connectivity index (χ0) is 20.1. The van der Waals surface area contributed by atoms with Crippen LogP contribution in [-0.4, -0.2) is 50.2 Å². The van der Waals surface area contributed by atoms with Crippen molar-refractivity contribution in [3.05, 3.63) is 36.8 Å². The van der Waals surface area contributed by atoms with E-state index in [9.17, 15) is 10.2 Å². The predicted octanol–water partition coefficient (Wildman–Crippen LogP) is 1.97. The van der Waals surface area contributed by atoms with Gasteiger partial charge in [-0.2, -0.15) is 0 Å². The summed E-state index contributed by atoms with van der Waals surface area (Å²) in [4.78, 5) is 8.54. The van der Waals surface area contributed by atoms with Crippen LogP contribution in [0.25, 0.3) is 22.2 Å². The molecule has 8 heteroatoms. The van der Waals surface area contributed by atoms with E-state index in [2.05, 4.69) is 9.97 Å². The molecule has 0 amide bonds. The van der Waals surface area contributed by atoms with E-state index in [1.54, 1.807) is 18.6 Å². The van der Waals surface area contributed by atoms with Gasteiger partial charge in [0.05, 0.1) is 25.2 Å². The fourth-order valence-electron chi connectivity index (χ4n) is 3.85. The molecule has 1 saturated heterocycles. The van der Waals surface area contributed by atoms with Crippen molar-refractivity contribution in [3.63, 3.8) is 0 Å². The van der Waals surface area contributed by atoms with Gasteiger partial charge in [-0.3, -0.25) is 0 Å². The highest BCUT2D eigenvalue weighted by Gasteiger charge is 2.51. The minimum atomic E-state index is -1.20. The minimum absolute atomic E-state index is 0.171. The van der Waals surface area contributed by atoms with Gasteiger partial charge in [-0.05, 0) is 24.6 Å². The molecule has 3 aromatic rings. The Hall–Kier alpha value is -2.68. The maximum Gasteiger partial charge on any atom is 0.164 e. The summed E-state index contributed by atoms with van der Waals surface area (Å²) in [5.74, 6) is 0.834. The van der Waals surface area contributed by atoms with Crippen molar-refractivity contribution in [2.24, 2.45) is 5.92 Å². The summed E-state index contributed by atoms with van der Waals surface area (Å²) in [7, 11) is 1.62. The van der Waals surface area contributed by atoms with Crippen molar-refractivity contribution in [1.29, 1.82) is 0 Å². The average Bonchev–Trinajstić information content (AvgIpc) is 3.18. The van der Waals surface area contributed by atoms with Crippen LogP contribution in [0.1, 0.15) is 20.1 Å². The van der Waals surface area contributed by atoms with Crippen LogP contribution in [0, 0.1) is 5.92 Å². The second-order valence-corrected chi connectivity index (χ2v) is 7.36. The summed E-state index contributed by atoms with van der Waals surface area (Å²) in [6, 6.07) is 7.59. The quantitative estimate of drug-likeness (QED) is 0.630. The summed E-state index contributed by atoms with van der Waals surface area (Å²) in [5, 5.41) is 21.4. The van der Waals surface area contributed by atoms with Crippen LogP contribution in [0.4, 0.5) is 5.82 Å². The summed E-state index contributed by atoms with van der Waals surface area (Å²) in [6.45, 7) is 3.40. The Morgan fingerprint density at radius 2 is 2.00 bits per heavy atom. The normalized spacial score (nSPS) is 27.4. The predicted molar refractivity (Wildman–Crippen MR) is 105 cm³/mol. The molecule has 0 aliphatic carbocycles. The van der Waals surface area contributed by atoms with Crippen LogP contribution in [-0.2, 0) is 4.74 Å². The maximum atomic E-state index is 11.1. The van der Waals surface area contributed by atoms with E-state index in [-0.39, 0.29) is 12.5 Å². The lowest BCUT2D eigenvalue weighted by Gasteiger charge is -2.28. The number of rotatable bonds is 4. The third-order valence-corrected chi connectivity index (χ3v) is 5.76. The molecule has 4 atom stereocenters. The third kappa shape index (κ3) is 2.72. The zero-order valence-corrected chi connectivity index (χ0v) is 16.0. The van der Waals surface area contributed by atoms with Crippen LogP contribution < -0.4 is 10.5 Å². The molecule has 148 valence electrons. The molecule has 3 heterocycles. The number of hydrogen-bond donors (Lipinski definition) is 3. The first kappa shape index (κ1) is 18.7. The lowest BCUT2D eigenvalue weighted by molar-refractivity contribution is -0.0873. The standard InChI is InChI=1S/C20H24N4O4/c1-11-15(9-25)28-19(20(11,2)26)24-8-14(12-4-6-13(27-3)7-5-12)16-17(21)22-10-23-18(16)24/h4-8,10-11,15,19,25-26H,9H2,1-3H3,(H2,21,22,23)/t11-,15?,19?,20?/m1/s1. The van der Waals surface area contributed by atoms with Gasteiger partial charge in [0.15, 0.2) is 6.23 Å². The molecule has 1 fully saturated rings. The highest BCUT2D eigenvalue weighted by Crippen LogP contribution is 2.45. The molecule has 1 aliphatic rings. The number of methoxy groups -OCH3 is 1. The van der Waals surface area contributed by atoms with E-state index in [0.29, 0.717) is 16.9 Å². The van der Waals surface area contributed by atoms with Crippen LogP contribution in [0.3, 0.4) is 0 Å². The maximum absolute atomic E-state index is 11.1. The fourth-order valence-corrected chi connectivity index (χ4v) is 3.85. The molecular weight excluding hydrogens is 360 g/mol. The van der Waals surface area contributed by atoms with Gasteiger partial charge in [0.1, 0.15) is 29.1 Å². The largest absolute Gasteiger partial charge is 0.497 e. The van der Waals surface area contributed by atoms with Gasteiger partial charge in [-0.25, -0.2) is 9.97 Å². The molecule has 0 bridgehead atoms. The number of anilines is 1. The first-order valence-electron chi connectivity index (χ1n) is 9.12. The lowest BCUT2D eigenvalue weighted by atomic mass is 9.88. The Kier molecular flexibility index (Phi) is 4.49. The summed E-state index contributed by atoms with van der Waals surface area (Å²) >= 11 is 0. The van der Waals surface area contributed by atoms with E-state index < -0.39 is 17.9 Å². The number of aliphatic hydroxyl groups excluding tert-OH is 1. The van der Waals surface area contributed by atoms with Crippen LogP contribution in [0.5, 0.6) is 5.75 Å². The molecule has 8 nitrogen and oxygen atoms in total. The molecule has 3 unspecified atom stereocenters. The molecule has 1 aromatic carbocycles. The molecule has 4 N–H and O–H groups in total. The van der Waals surface area contributed by atoms with Crippen molar-refractivity contribution in [2.75, 3.05) is 19.5 Å². The number of fused-ring (bicyclic) bond motifs is 1. The topological polar surface area (TPSA) is 116 Å². The van der Waals surface area contributed by atoms with E-state index >= 15 is 0 Å². The number of hydrogen-bond acceptors (Lipinski definition) is 7. The van der Waals surface area contributed by atoms with Crippen LogP contribution in [0.15, 0.2) is 36.8 Å². The second kappa shape index (κ2) is 6.73. The summed E-state index contributed by atoms with van der Waals surface area (Å²) in [6.07, 6.45) is 2.07. The summed E-state index contributed by atoms with van der Waals surface area (Å²) in [5.41, 5.74) is 7.29. The number of benzene rings is 1. The Morgan fingerprint density at radius 1 is 1.29 bits per heavy atom. The van der Waals surface area contributed by atoms with E-state index in [1.807, 2.05) is 37.4 Å². The van der Waals surface area contributed by atoms with Gasteiger partial charge in [-0.1, -0.05) is 19.1 Å². The first-order chi connectivity index (χ1) is 13.4. The highest BCUT2D eigenvalue weighted by molar-refractivity contribution is 6.00. The van der Waals surface area contributed by atoms with E-state index in [1.165, 1.54) is 6.33 Å². The molecule has 0 radical (unpaired) electrons. The second-order valence-electron chi connectivity index (χ2n) is 7.36. The Bertz CT molecular complexity index is 999. The van der Waals surface area contributed by atoms with Gasteiger partial charge >= 0.3 is 0 Å². The van der Waals surface area contributed by atoms with Gasteiger partial charge in [0, 0.05) is 17.7 Å². The van der Waals surface area contributed by atoms with Crippen molar-refractivity contribution in [1.82, 2.24) is 14.5 Å². The van der Waals surface area contributed by atoms with E-state index in [0.717, 1.165) is 16.9 Å². The smallest absolute Gasteiger partial charge is 0.164 e. The van der Waals surface area contributed by atoms with Crippen LogP contribution >= 0.6 is 0 Å². The lowest BCUT2D eigenvalue weighted by Crippen LogP contribution is -2.38. The van der Waals surface area contributed by atoms with Crippen molar-refractivity contribution < 1.29 is 19.7 Å². The number of ether oxygens (including phenoxy) is 2. The molecular formula is C20H24N4O4. The molecule has 1 aliphatic heterocycles. The average molecular weight is 384 g/mol. The fraction of sp³-hybridized carbons (Fsp3) is 0.400. The highest BCUT2D eigenvalue weighted by atomic mass is 16.5. The van der Waals surface area contributed by atoms with Crippen molar-refractivity contribution >= 4 is 16.9 Å². The zero-order valence-electron chi connectivity index (χ0n) is 16.0. The third-order valence-electron chi connectivity index (χ3n) is 5.76. The first-order valence-corrected chi connectivity index (χ1v) is 9.12. The van der Waals surface area contributed by atoms with Gasteiger partial charge in [0.25, 0.3) is 0 Å². The Morgan fingerprint density at radius 3 is 2.61 bits per heavy atom. The Balaban J connectivity index is 1.90. The summed E-state index contributed by atoms with van der Waals surface area (Å²) < 4.78 is 13.0. The number of aliphatic hydroxyl groups is 2. The molecule has 0 saturated carbocycles. The van der Waals surface area contributed by atoms with E-state index in [4.69, 9.17) is 15.2 Å². The van der Waals surface area contributed by atoms with Gasteiger partial charge in [-0.15, -0.1) is 0 Å². The minimum Gasteiger partial charge on any atom is -0.497 e. The SMILES string of the molecule is COc1ccc(-c2cn(C3OC(CO)[C@@H](C)C3(C)O)c3ncnc(N)c23)cc1. The van der Waals surface area contributed by atoms with Gasteiger partial charge < -0.3 is 30.0 Å².